The van der Waals surface area contributed by atoms with Crippen molar-refractivity contribution in [3.63, 3.8) is 0 Å². The number of nitrogens with zero attached hydrogens (tertiary/aromatic N) is 1. The number of carbonyl (C=O) groups excluding carboxylic acids is 1. The summed E-state index contributed by atoms with van der Waals surface area (Å²) < 4.78 is 83.4. The summed E-state index contributed by atoms with van der Waals surface area (Å²) in [6, 6.07) is 12.2. The summed E-state index contributed by atoms with van der Waals surface area (Å²) in [7, 11) is 0. The summed E-state index contributed by atoms with van der Waals surface area (Å²) in [5.74, 6) is -1.60. The molecule has 0 radical (unpaired) electrons. The standard InChI is InChI=1S/C21H18Br2F6N2O2/c22-14-5-1-12(2-6-14)17(13-3-7-15(23)8-4-13)31-10-9-30-11-16(31)18(32)33-19(20(24,25)26)21(27,28)29/h1-8,16-17,19,30H,9-11H2. The highest BCUT2D eigenvalue weighted by Crippen LogP contribution is 2.37. The number of nitrogens with one attached hydrogen (secondary N) is 1. The highest BCUT2D eigenvalue weighted by Gasteiger charge is 2.60. The quantitative estimate of drug-likeness (QED) is 0.356. The average Bonchev–Trinajstić information content (AvgIpc) is 2.73. The number of alkyl halides is 6. The van der Waals surface area contributed by atoms with Gasteiger partial charge in [0.15, 0.2) is 0 Å². The molecule has 0 spiro atoms. The molecule has 1 unspecified atom stereocenters. The predicted octanol–water partition coefficient (Wildman–Crippen LogP) is 5.61. The Hall–Kier alpha value is -1.63. The van der Waals surface area contributed by atoms with Gasteiger partial charge < -0.3 is 10.1 Å². The van der Waals surface area contributed by atoms with Gasteiger partial charge in [-0.15, -0.1) is 0 Å². The van der Waals surface area contributed by atoms with Crippen molar-refractivity contribution in [1.29, 1.82) is 0 Å². The van der Waals surface area contributed by atoms with E-state index in [0.29, 0.717) is 17.7 Å². The number of benzene rings is 2. The lowest BCUT2D eigenvalue weighted by Crippen LogP contribution is -2.58. The molecule has 0 aromatic heterocycles. The first-order chi connectivity index (χ1) is 15.4. The number of ether oxygens (including phenoxy) is 1. The lowest BCUT2D eigenvalue weighted by Gasteiger charge is -2.41. The summed E-state index contributed by atoms with van der Waals surface area (Å²) in [4.78, 5) is 14.2. The van der Waals surface area contributed by atoms with Gasteiger partial charge in [-0.1, -0.05) is 56.1 Å². The van der Waals surface area contributed by atoms with Crippen LogP contribution in [0.5, 0.6) is 0 Å². The maximum atomic E-state index is 13.0. The second-order valence-electron chi connectivity index (χ2n) is 7.36. The van der Waals surface area contributed by atoms with Crippen LogP contribution in [0.2, 0.25) is 0 Å². The summed E-state index contributed by atoms with van der Waals surface area (Å²) in [6.07, 6.45) is -15.8. The molecule has 0 saturated carbocycles. The van der Waals surface area contributed by atoms with E-state index in [-0.39, 0.29) is 13.1 Å². The van der Waals surface area contributed by atoms with E-state index in [1.807, 2.05) is 0 Å². The Kier molecular flexibility index (Phi) is 8.13. The van der Waals surface area contributed by atoms with Gasteiger partial charge in [0.25, 0.3) is 6.10 Å². The molecule has 1 saturated heterocycles. The Morgan fingerprint density at radius 2 is 1.36 bits per heavy atom. The van der Waals surface area contributed by atoms with Crippen molar-refractivity contribution in [3.05, 3.63) is 68.6 Å². The first-order valence-electron chi connectivity index (χ1n) is 9.69. The van der Waals surface area contributed by atoms with Crippen LogP contribution in [0.25, 0.3) is 0 Å². The molecular weight excluding hydrogens is 586 g/mol. The van der Waals surface area contributed by atoms with E-state index in [1.165, 1.54) is 0 Å². The Morgan fingerprint density at radius 3 is 1.79 bits per heavy atom. The zero-order valence-electron chi connectivity index (χ0n) is 16.8. The van der Waals surface area contributed by atoms with Crippen LogP contribution in [0.1, 0.15) is 17.2 Å². The van der Waals surface area contributed by atoms with E-state index in [4.69, 9.17) is 0 Å². The highest BCUT2D eigenvalue weighted by molar-refractivity contribution is 9.10. The molecule has 180 valence electrons. The minimum atomic E-state index is -5.78. The fourth-order valence-electron chi connectivity index (χ4n) is 3.63. The van der Waals surface area contributed by atoms with Crippen LogP contribution in [-0.4, -0.2) is 55.0 Å². The van der Waals surface area contributed by atoms with Crippen LogP contribution in [-0.2, 0) is 9.53 Å². The van der Waals surface area contributed by atoms with Gasteiger partial charge in [0.05, 0.1) is 6.04 Å². The third-order valence-electron chi connectivity index (χ3n) is 5.09. The predicted molar refractivity (Wildman–Crippen MR) is 115 cm³/mol. The Bertz CT molecular complexity index is 892. The third kappa shape index (κ3) is 6.49. The molecule has 12 heteroatoms. The van der Waals surface area contributed by atoms with Crippen LogP contribution < -0.4 is 5.32 Å². The van der Waals surface area contributed by atoms with Crippen molar-refractivity contribution < 1.29 is 35.9 Å². The SMILES string of the molecule is O=C(OC(C(F)(F)F)C(F)(F)F)C1CNCCN1C(c1ccc(Br)cc1)c1ccc(Br)cc1. The number of piperazine rings is 1. The van der Waals surface area contributed by atoms with Gasteiger partial charge in [0, 0.05) is 28.6 Å². The molecule has 33 heavy (non-hydrogen) atoms. The summed E-state index contributed by atoms with van der Waals surface area (Å²) >= 11 is 6.68. The molecule has 1 aliphatic heterocycles. The monoisotopic (exact) mass is 602 g/mol. The molecule has 0 bridgehead atoms. The maximum absolute atomic E-state index is 13.0. The van der Waals surface area contributed by atoms with Gasteiger partial charge in [-0.2, -0.15) is 26.3 Å². The van der Waals surface area contributed by atoms with Crippen LogP contribution in [0, 0.1) is 0 Å². The van der Waals surface area contributed by atoms with Crippen LogP contribution in [0.4, 0.5) is 26.3 Å². The molecule has 3 rings (SSSR count). The number of esters is 1. The van der Waals surface area contributed by atoms with Gasteiger partial charge in [-0.05, 0) is 35.4 Å². The fraction of sp³-hybridized carbons (Fsp3) is 0.381. The van der Waals surface area contributed by atoms with E-state index in [2.05, 4.69) is 41.9 Å². The first-order valence-corrected chi connectivity index (χ1v) is 11.3. The molecule has 0 aliphatic carbocycles. The topological polar surface area (TPSA) is 41.6 Å². The first kappa shape index (κ1) is 26.0. The third-order valence-corrected chi connectivity index (χ3v) is 6.15. The molecule has 0 amide bonds. The molecule has 4 nitrogen and oxygen atoms in total. The van der Waals surface area contributed by atoms with Crippen LogP contribution in [0.3, 0.4) is 0 Å². The zero-order valence-corrected chi connectivity index (χ0v) is 19.9. The van der Waals surface area contributed by atoms with Crippen molar-refractivity contribution in [2.75, 3.05) is 19.6 Å². The maximum Gasteiger partial charge on any atom is 0.434 e. The van der Waals surface area contributed by atoms with Gasteiger partial charge in [-0.25, -0.2) is 0 Å². The summed E-state index contributed by atoms with van der Waals surface area (Å²) in [6.45, 7) is 0.416. The van der Waals surface area contributed by atoms with E-state index >= 15 is 0 Å². The van der Waals surface area contributed by atoms with E-state index in [1.54, 1.807) is 53.4 Å². The second kappa shape index (κ2) is 10.3. The second-order valence-corrected chi connectivity index (χ2v) is 9.19. The Morgan fingerprint density at radius 1 is 0.909 bits per heavy atom. The lowest BCUT2D eigenvalue weighted by atomic mass is 9.94. The molecule has 2 aromatic rings. The minimum Gasteiger partial charge on any atom is -0.442 e. The molecule has 1 aliphatic rings. The van der Waals surface area contributed by atoms with Gasteiger partial charge in [0.2, 0.25) is 0 Å². The van der Waals surface area contributed by atoms with E-state index < -0.39 is 36.5 Å². The molecule has 1 N–H and O–H groups in total. The molecule has 1 atom stereocenters. The summed E-state index contributed by atoms with van der Waals surface area (Å²) in [5.41, 5.74) is 1.42. The van der Waals surface area contributed by atoms with Gasteiger partial charge >= 0.3 is 18.3 Å². The average molecular weight is 604 g/mol. The van der Waals surface area contributed by atoms with Crippen molar-refractivity contribution in [2.24, 2.45) is 0 Å². The number of halogens is 8. The fourth-order valence-corrected chi connectivity index (χ4v) is 4.16. The van der Waals surface area contributed by atoms with Gasteiger partial charge in [0.1, 0.15) is 6.04 Å². The van der Waals surface area contributed by atoms with Crippen LogP contribution >= 0.6 is 31.9 Å². The van der Waals surface area contributed by atoms with Crippen molar-refractivity contribution in [1.82, 2.24) is 10.2 Å². The Balaban J connectivity index is 1.98. The largest absolute Gasteiger partial charge is 0.442 e. The van der Waals surface area contributed by atoms with Gasteiger partial charge in [-0.3, -0.25) is 9.69 Å². The molecule has 1 fully saturated rings. The Labute approximate surface area is 202 Å². The zero-order chi connectivity index (χ0) is 24.4. The normalized spacial score (nSPS) is 18.1. The van der Waals surface area contributed by atoms with Crippen molar-refractivity contribution in [3.8, 4) is 0 Å². The highest BCUT2D eigenvalue weighted by atomic mass is 79.9. The number of hydrogen-bond donors (Lipinski definition) is 1. The smallest absolute Gasteiger partial charge is 0.434 e. The molecular formula is C21H18Br2F6N2O2. The summed E-state index contributed by atoms with van der Waals surface area (Å²) in [5, 5.41) is 2.85. The molecule has 1 heterocycles. The number of hydrogen-bond acceptors (Lipinski definition) is 4. The van der Waals surface area contributed by atoms with Crippen molar-refractivity contribution >= 4 is 37.8 Å². The van der Waals surface area contributed by atoms with E-state index in [0.717, 1.165) is 8.95 Å². The van der Waals surface area contributed by atoms with Crippen molar-refractivity contribution in [2.45, 2.75) is 30.5 Å². The number of carbonyl (C=O) groups is 1. The lowest BCUT2D eigenvalue weighted by molar-refractivity contribution is -0.314. The minimum absolute atomic E-state index is 0.162. The van der Waals surface area contributed by atoms with Crippen LogP contribution in [0.15, 0.2) is 57.5 Å². The van der Waals surface area contributed by atoms with E-state index in [9.17, 15) is 31.1 Å². The number of rotatable bonds is 5. The molecule has 2 aromatic carbocycles.